The van der Waals surface area contributed by atoms with Gasteiger partial charge in [-0.2, -0.15) is 0 Å². The van der Waals surface area contributed by atoms with Crippen LogP contribution in [-0.2, 0) is 6.42 Å². The van der Waals surface area contributed by atoms with E-state index >= 15 is 0 Å². The topological polar surface area (TPSA) is 42.0 Å². The van der Waals surface area contributed by atoms with Crippen LogP contribution in [0.25, 0.3) is 0 Å². The summed E-state index contributed by atoms with van der Waals surface area (Å²) in [5.74, 6) is 5.46. The number of carbonyl (C=O) groups is 1. The lowest BCUT2D eigenvalue weighted by Crippen LogP contribution is -2.30. The summed E-state index contributed by atoms with van der Waals surface area (Å²) in [4.78, 5) is 16.6. The van der Waals surface area contributed by atoms with Crippen LogP contribution in [0, 0.1) is 17.7 Å². The van der Waals surface area contributed by atoms with E-state index in [9.17, 15) is 9.18 Å². The molecule has 1 aromatic heterocycles. The van der Waals surface area contributed by atoms with Gasteiger partial charge in [-0.3, -0.25) is 4.79 Å². The Hall–Kier alpha value is -2.19. The minimum Gasteiger partial charge on any atom is -0.351 e. The molecule has 1 aliphatic rings. The minimum absolute atomic E-state index is 0.0754. The van der Waals surface area contributed by atoms with Crippen LogP contribution in [0.2, 0.25) is 0 Å². The van der Waals surface area contributed by atoms with Crippen LogP contribution in [0.4, 0.5) is 4.39 Å². The lowest BCUT2D eigenvalue weighted by atomic mass is 10.2. The van der Waals surface area contributed by atoms with Crippen LogP contribution in [0.1, 0.15) is 25.9 Å². The molecule has 1 amide bonds. The molecule has 0 bridgehead atoms. The highest BCUT2D eigenvalue weighted by molar-refractivity contribution is 7.14. The van der Waals surface area contributed by atoms with Crippen molar-refractivity contribution < 1.29 is 9.18 Å². The maximum absolute atomic E-state index is 12.7. The van der Waals surface area contributed by atoms with Crippen molar-refractivity contribution in [2.75, 3.05) is 6.54 Å². The molecule has 1 aromatic carbocycles. The summed E-state index contributed by atoms with van der Waals surface area (Å²) in [6, 6.07) is 5.96. The number of halogens is 1. The van der Waals surface area contributed by atoms with Crippen molar-refractivity contribution in [3.05, 3.63) is 51.2 Å². The minimum atomic E-state index is -0.285. The number of benzene rings is 1. The second-order valence-electron chi connectivity index (χ2n) is 4.06. The highest BCUT2D eigenvalue weighted by atomic mass is 32.1. The van der Waals surface area contributed by atoms with E-state index in [4.69, 9.17) is 0 Å². The Morgan fingerprint density at radius 2 is 2.05 bits per heavy atom. The number of rotatable bonds is 0. The summed E-state index contributed by atoms with van der Waals surface area (Å²) in [6.07, 6.45) is 0.746. The fourth-order valence-electron chi connectivity index (χ4n) is 1.79. The van der Waals surface area contributed by atoms with Gasteiger partial charge < -0.3 is 5.32 Å². The average Bonchev–Trinajstić information content (AvgIpc) is 2.83. The van der Waals surface area contributed by atoms with E-state index in [1.807, 2.05) is 0 Å². The first-order valence-electron chi connectivity index (χ1n) is 5.78. The monoisotopic (exact) mass is 272 g/mol. The lowest BCUT2D eigenvalue weighted by molar-refractivity contribution is 0.0950. The van der Waals surface area contributed by atoms with Gasteiger partial charge in [-0.15, -0.1) is 11.3 Å². The molecule has 1 aliphatic heterocycles. The van der Waals surface area contributed by atoms with Crippen LogP contribution in [0.5, 0.6) is 0 Å². The van der Waals surface area contributed by atoms with Crippen LogP contribution < -0.4 is 5.32 Å². The number of hydrogen-bond acceptors (Lipinski definition) is 3. The number of amides is 1. The maximum Gasteiger partial charge on any atom is 0.263 e. The maximum atomic E-state index is 12.7. The van der Waals surface area contributed by atoms with E-state index < -0.39 is 0 Å². The zero-order chi connectivity index (χ0) is 13.2. The van der Waals surface area contributed by atoms with Crippen molar-refractivity contribution in [3.8, 4) is 11.8 Å². The van der Waals surface area contributed by atoms with Crippen LogP contribution >= 0.6 is 11.3 Å². The first-order chi connectivity index (χ1) is 9.22. The smallest absolute Gasteiger partial charge is 0.263 e. The molecule has 0 atom stereocenters. The normalized spacial score (nSPS) is 13.2. The molecule has 3 rings (SSSR count). The number of hydrogen-bond donors (Lipinski definition) is 1. The summed E-state index contributed by atoms with van der Waals surface area (Å²) >= 11 is 1.29. The zero-order valence-corrected chi connectivity index (χ0v) is 10.7. The molecule has 5 heteroatoms. The molecule has 0 fully saturated rings. The molecule has 1 N–H and O–H groups in total. The Morgan fingerprint density at radius 3 is 2.79 bits per heavy atom. The molecule has 0 aliphatic carbocycles. The van der Waals surface area contributed by atoms with Gasteiger partial charge in [0.05, 0.1) is 5.69 Å². The molecule has 3 nitrogen and oxygen atoms in total. The van der Waals surface area contributed by atoms with E-state index in [2.05, 4.69) is 22.1 Å². The fourth-order valence-corrected chi connectivity index (χ4v) is 2.67. The van der Waals surface area contributed by atoms with Gasteiger partial charge in [0.2, 0.25) is 0 Å². The summed E-state index contributed by atoms with van der Waals surface area (Å²) in [5.41, 5.74) is 1.54. The lowest BCUT2D eigenvalue weighted by Gasteiger charge is -2.09. The van der Waals surface area contributed by atoms with Gasteiger partial charge >= 0.3 is 0 Å². The molecule has 0 saturated carbocycles. The number of aromatic nitrogens is 1. The predicted octanol–water partition coefficient (Wildman–Crippen LogP) is 1.97. The quantitative estimate of drug-likeness (QED) is 0.745. The SMILES string of the molecule is O=C1NCCc2nc(C#Cc3ccc(F)cc3)sc21. The average molecular weight is 272 g/mol. The van der Waals surface area contributed by atoms with Gasteiger partial charge in [0.1, 0.15) is 10.7 Å². The van der Waals surface area contributed by atoms with Crippen molar-refractivity contribution in [1.29, 1.82) is 0 Å². The van der Waals surface area contributed by atoms with Crippen molar-refractivity contribution in [3.63, 3.8) is 0 Å². The zero-order valence-electron chi connectivity index (χ0n) is 9.87. The summed E-state index contributed by atoms with van der Waals surface area (Å²) in [5, 5.41) is 3.39. The van der Waals surface area contributed by atoms with E-state index in [1.54, 1.807) is 12.1 Å². The van der Waals surface area contributed by atoms with Gasteiger partial charge in [0.25, 0.3) is 5.91 Å². The Kier molecular flexibility index (Phi) is 3.02. The van der Waals surface area contributed by atoms with Crippen LogP contribution in [0.3, 0.4) is 0 Å². The summed E-state index contributed by atoms with van der Waals surface area (Å²) in [7, 11) is 0. The number of thiazole rings is 1. The summed E-state index contributed by atoms with van der Waals surface area (Å²) in [6.45, 7) is 0.625. The molecular weight excluding hydrogens is 263 g/mol. The molecule has 2 aromatic rings. The molecule has 2 heterocycles. The third-order valence-corrected chi connectivity index (χ3v) is 3.72. The van der Waals surface area contributed by atoms with Gasteiger partial charge in [0, 0.05) is 18.5 Å². The highest BCUT2D eigenvalue weighted by Gasteiger charge is 2.20. The van der Waals surface area contributed by atoms with Gasteiger partial charge in [0.15, 0.2) is 5.01 Å². The Labute approximate surface area is 113 Å². The third-order valence-electron chi connectivity index (χ3n) is 2.71. The molecule has 0 unspecified atom stereocenters. The van der Waals surface area contributed by atoms with Crippen LogP contribution in [-0.4, -0.2) is 17.4 Å². The molecule has 0 saturated heterocycles. The van der Waals surface area contributed by atoms with Crippen molar-refractivity contribution >= 4 is 17.2 Å². The van der Waals surface area contributed by atoms with Gasteiger partial charge in [-0.25, -0.2) is 9.37 Å². The molecular formula is C14H9FN2OS. The largest absolute Gasteiger partial charge is 0.351 e. The number of carbonyl (C=O) groups excluding carboxylic acids is 1. The van der Waals surface area contributed by atoms with Crippen molar-refractivity contribution in [2.45, 2.75) is 6.42 Å². The molecule has 0 radical (unpaired) electrons. The van der Waals surface area contributed by atoms with E-state index in [-0.39, 0.29) is 11.7 Å². The second kappa shape index (κ2) is 4.82. The Morgan fingerprint density at radius 1 is 1.26 bits per heavy atom. The molecule has 94 valence electrons. The van der Waals surface area contributed by atoms with Gasteiger partial charge in [-0.05, 0) is 30.2 Å². The Bertz CT molecular complexity index is 694. The predicted molar refractivity (Wildman–Crippen MR) is 70.5 cm³/mol. The highest BCUT2D eigenvalue weighted by Crippen LogP contribution is 2.20. The van der Waals surface area contributed by atoms with E-state index in [0.29, 0.717) is 16.4 Å². The van der Waals surface area contributed by atoms with Crippen molar-refractivity contribution in [1.82, 2.24) is 10.3 Å². The van der Waals surface area contributed by atoms with Crippen LogP contribution in [0.15, 0.2) is 24.3 Å². The standard InChI is InChI=1S/C14H9FN2OS/c15-10-4-1-9(2-5-10)3-6-12-17-11-7-8-16-14(18)13(11)19-12/h1-2,4-5H,7-8H2,(H,16,18). The Balaban J connectivity index is 1.88. The summed E-state index contributed by atoms with van der Waals surface area (Å²) < 4.78 is 12.7. The number of nitrogens with one attached hydrogen (secondary N) is 1. The molecule has 0 spiro atoms. The first-order valence-corrected chi connectivity index (χ1v) is 6.59. The third kappa shape index (κ3) is 2.49. The number of fused-ring (bicyclic) bond motifs is 1. The van der Waals surface area contributed by atoms with Crippen molar-refractivity contribution in [2.24, 2.45) is 0 Å². The second-order valence-corrected chi connectivity index (χ2v) is 5.06. The van der Waals surface area contributed by atoms with Gasteiger partial charge in [-0.1, -0.05) is 5.92 Å². The molecule has 19 heavy (non-hydrogen) atoms. The van der Waals surface area contributed by atoms with E-state index in [1.165, 1.54) is 23.5 Å². The first kappa shape index (κ1) is 11.9. The van der Waals surface area contributed by atoms with E-state index in [0.717, 1.165) is 17.7 Å². The number of nitrogens with zero attached hydrogens (tertiary/aromatic N) is 1. The fraction of sp³-hybridized carbons (Fsp3) is 0.143.